The largest absolute Gasteiger partial charge is 0.365 e. The van der Waals surface area contributed by atoms with E-state index in [1.165, 1.54) is 17.4 Å². The van der Waals surface area contributed by atoms with E-state index in [-0.39, 0.29) is 29.6 Å². The first-order valence-electron chi connectivity index (χ1n) is 11.2. The van der Waals surface area contributed by atoms with Crippen molar-refractivity contribution in [2.24, 2.45) is 0 Å². The van der Waals surface area contributed by atoms with Gasteiger partial charge in [0.1, 0.15) is 10.7 Å². The van der Waals surface area contributed by atoms with Crippen molar-refractivity contribution in [1.29, 1.82) is 0 Å². The van der Waals surface area contributed by atoms with Crippen LogP contribution in [0.1, 0.15) is 46.6 Å². The Kier molecular flexibility index (Phi) is 5.99. The zero-order chi connectivity index (χ0) is 23.8. The molecule has 1 aliphatic rings. The van der Waals surface area contributed by atoms with Gasteiger partial charge in [0, 0.05) is 29.2 Å². The standard InChI is InChI=1S/C24H24F2N6OS/c1-12-6-16-17(9-27-20(16)18(25)7-12)22-28-10-19(26)23(32-22)30-14-4-3-5-15(8-14)31-24(33)21-13(2)29-11-34-21/h6-7,9-11,14-15,27H,3-5,8H2,1-2H3,(H,31,33)(H,28,30,32)/t14-,15-/m1/s1. The van der Waals surface area contributed by atoms with Crippen molar-refractivity contribution in [2.75, 3.05) is 5.32 Å². The zero-order valence-electron chi connectivity index (χ0n) is 18.8. The van der Waals surface area contributed by atoms with E-state index in [9.17, 15) is 13.6 Å². The molecule has 0 unspecified atom stereocenters. The molecule has 1 saturated carbocycles. The molecule has 4 aromatic rings. The molecule has 3 aromatic heterocycles. The van der Waals surface area contributed by atoms with Crippen molar-refractivity contribution in [3.63, 3.8) is 0 Å². The molecule has 0 saturated heterocycles. The average Bonchev–Trinajstić information content (AvgIpc) is 3.42. The van der Waals surface area contributed by atoms with E-state index >= 15 is 0 Å². The van der Waals surface area contributed by atoms with Crippen LogP contribution in [0.2, 0.25) is 0 Å². The number of nitrogens with one attached hydrogen (secondary N) is 3. The lowest BCUT2D eigenvalue weighted by Crippen LogP contribution is -2.42. The van der Waals surface area contributed by atoms with E-state index < -0.39 is 5.82 Å². The Morgan fingerprint density at radius 1 is 1.15 bits per heavy atom. The van der Waals surface area contributed by atoms with Crippen molar-refractivity contribution < 1.29 is 13.6 Å². The highest BCUT2D eigenvalue weighted by Gasteiger charge is 2.26. The van der Waals surface area contributed by atoms with Gasteiger partial charge < -0.3 is 15.6 Å². The number of aromatic amines is 1. The number of aryl methyl sites for hydroxylation is 2. The summed E-state index contributed by atoms with van der Waals surface area (Å²) in [6.45, 7) is 3.63. The van der Waals surface area contributed by atoms with Gasteiger partial charge in [-0.1, -0.05) is 0 Å². The van der Waals surface area contributed by atoms with Crippen LogP contribution >= 0.6 is 11.3 Å². The molecule has 1 fully saturated rings. The summed E-state index contributed by atoms with van der Waals surface area (Å²) in [5, 5.41) is 6.93. The van der Waals surface area contributed by atoms with Gasteiger partial charge in [0.25, 0.3) is 5.91 Å². The summed E-state index contributed by atoms with van der Waals surface area (Å²) in [6.07, 6.45) is 6.01. The number of carbonyl (C=O) groups excluding carboxylic acids is 1. The van der Waals surface area contributed by atoms with Crippen LogP contribution in [0, 0.1) is 25.5 Å². The third kappa shape index (κ3) is 4.37. The number of fused-ring (bicyclic) bond motifs is 1. The van der Waals surface area contributed by atoms with Crippen LogP contribution in [0.25, 0.3) is 22.3 Å². The molecule has 3 heterocycles. The van der Waals surface area contributed by atoms with E-state index in [4.69, 9.17) is 0 Å². The van der Waals surface area contributed by atoms with Crippen molar-refractivity contribution in [3.05, 3.63) is 57.8 Å². The minimum Gasteiger partial charge on any atom is -0.365 e. The molecule has 7 nitrogen and oxygen atoms in total. The van der Waals surface area contributed by atoms with Crippen molar-refractivity contribution in [1.82, 2.24) is 25.3 Å². The number of amides is 1. The Balaban J connectivity index is 1.33. The minimum atomic E-state index is -0.558. The number of thiazole rings is 1. The van der Waals surface area contributed by atoms with Crippen LogP contribution in [0.3, 0.4) is 0 Å². The molecule has 10 heteroatoms. The number of carbonyl (C=O) groups is 1. The molecule has 0 radical (unpaired) electrons. The topological polar surface area (TPSA) is 95.6 Å². The summed E-state index contributed by atoms with van der Waals surface area (Å²) in [5.74, 6) is -0.629. The monoisotopic (exact) mass is 482 g/mol. The van der Waals surface area contributed by atoms with Crippen LogP contribution < -0.4 is 10.6 Å². The number of halogens is 2. The predicted octanol–water partition coefficient (Wildman–Crippen LogP) is 5.13. The van der Waals surface area contributed by atoms with Gasteiger partial charge in [-0.15, -0.1) is 11.3 Å². The summed E-state index contributed by atoms with van der Waals surface area (Å²) in [7, 11) is 0. The second-order valence-corrected chi connectivity index (χ2v) is 9.56. The fraction of sp³-hybridized carbons (Fsp3) is 0.333. The Morgan fingerprint density at radius 2 is 1.97 bits per heavy atom. The number of aromatic nitrogens is 4. The molecule has 1 aliphatic carbocycles. The highest BCUT2D eigenvalue weighted by atomic mass is 32.1. The molecule has 0 aliphatic heterocycles. The lowest BCUT2D eigenvalue weighted by molar-refractivity contribution is 0.0929. The first-order chi connectivity index (χ1) is 16.4. The van der Waals surface area contributed by atoms with Crippen LogP contribution in [0.5, 0.6) is 0 Å². The number of rotatable bonds is 5. The smallest absolute Gasteiger partial charge is 0.263 e. The van der Waals surface area contributed by atoms with Crippen LogP contribution in [-0.4, -0.2) is 37.9 Å². The van der Waals surface area contributed by atoms with Crippen molar-refractivity contribution in [2.45, 2.75) is 51.6 Å². The number of hydrogen-bond donors (Lipinski definition) is 3. The molecule has 3 N–H and O–H groups in total. The molecule has 0 spiro atoms. The second kappa shape index (κ2) is 9.09. The van der Waals surface area contributed by atoms with E-state index in [1.54, 1.807) is 11.7 Å². The number of nitrogens with zero attached hydrogens (tertiary/aromatic N) is 3. The van der Waals surface area contributed by atoms with Gasteiger partial charge in [-0.3, -0.25) is 4.79 Å². The predicted molar refractivity (Wildman–Crippen MR) is 128 cm³/mol. The molecule has 0 bridgehead atoms. The van der Waals surface area contributed by atoms with Gasteiger partial charge in [-0.2, -0.15) is 0 Å². The molecular formula is C24H24F2N6OS. The fourth-order valence-electron chi connectivity index (χ4n) is 4.52. The number of hydrogen-bond acceptors (Lipinski definition) is 6. The highest BCUT2D eigenvalue weighted by Crippen LogP contribution is 2.30. The third-order valence-corrected chi connectivity index (χ3v) is 7.10. The molecule has 34 heavy (non-hydrogen) atoms. The van der Waals surface area contributed by atoms with Crippen LogP contribution in [-0.2, 0) is 0 Å². The van der Waals surface area contributed by atoms with E-state index in [1.807, 2.05) is 19.9 Å². The maximum atomic E-state index is 14.6. The van der Waals surface area contributed by atoms with Gasteiger partial charge >= 0.3 is 0 Å². The summed E-state index contributed by atoms with van der Waals surface area (Å²) in [6, 6.07) is 3.23. The Morgan fingerprint density at radius 3 is 2.76 bits per heavy atom. The van der Waals surface area contributed by atoms with E-state index in [2.05, 4.69) is 30.6 Å². The van der Waals surface area contributed by atoms with Gasteiger partial charge in [-0.05, 0) is 57.2 Å². The fourth-order valence-corrected chi connectivity index (χ4v) is 5.23. The maximum absolute atomic E-state index is 14.6. The normalized spacial score (nSPS) is 18.2. The van der Waals surface area contributed by atoms with Crippen molar-refractivity contribution >= 4 is 34.0 Å². The van der Waals surface area contributed by atoms with Gasteiger partial charge in [-0.25, -0.2) is 23.7 Å². The lowest BCUT2D eigenvalue weighted by Gasteiger charge is -2.30. The average molecular weight is 483 g/mol. The van der Waals surface area contributed by atoms with E-state index in [0.29, 0.717) is 33.6 Å². The molecule has 176 valence electrons. The SMILES string of the molecule is Cc1cc(F)c2[nH]cc(-c3ncc(F)c(N[C@@H]4CCC[C@@H](NC(=O)c5scnc5C)C4)n3)c2c1. The van der Waals surface area contributed by atoms with Gasteiger partial charge in [0.2, 0.25) is 0 Å². The minimum absolute atomic E-state index is 0.0239. The van der Waals surface area contributed by atoms with Crippen LogP contribution in [0.15, 0.2) is 30.0 Å². The molecule has 5 rings (SSSR count). The first kappa shape index (κ1) is 22.4. The summed E-state index contributed by atoms with van der Waals surface area (Å²) < 4.78 is 28.9. The maximum Gasteiger partial charge on any atom is 0.263 e. The Labute approximate surface area is 199 Å². The van der Waals surface area contributed by atoms with Crippen LogP contribution in [0.4, 0.5) is 14.6 Å². The van der Waals surface area contributed by atoms with Gasteiger partial charge in [0.15, 0.2) is 17.5 Å². The zero-order valence-corrected chi connectivity index (χ0v) is 19.6. The molecular weight excluding hydrogens is 458 g/mol. The Hall–Kier alpha value is -3.40. The van der Waals surface area contributed by atoms with Gasteiger partial charge in [0.05, 0.1) is 22.9 Å². The third-order valence-electron chi connectivity index (χ3n) is 6.17. The molecule has 2 atom stereocenters. The first-order valence-corrected chi connectivity index (χ1v) is 12.0. The van der Waals surface area contributed by atoms with Crippen molar-refractivity contribution in [3.8, 4) is 11.4 Å². The number of anilines is 1. The Bertz CT molecular complexity index is 1370. The molecule has 1 amide bonds. The highest BCUT2D eigenvalue weighted by molar-refractivity contribution is 7.11. The quantitative estimate of drug-likeness (QED) is 0.367. The molecule has 1 aromatic carbocycles. The summed E-state index contributed by atoms with van der Waals surface area (Å²) >= 11 is 1.32. The summed E-state index contributed by atoms with van der Waals surface area (Å²) in [5.41, 5.74) is 4.12. The number of benzene rings is 1. The van der Waals surface area contributed by atoms with E-state index in [0.717, 1.165) is 36.7 Å². The number of H-pyrrole nitrogens is 1. The second-order valence-electron chi connectivity index (χ2n) is 8.71. The lowest BCUT2D eigenvalue weighted by atomic mass is 9.91. The summed E-state index contributed by atoms with van der Waals surface area (Å²) in [4.78, 5) is 28.8.